The molecular formula is C21H22ClN3O5S. The van der Waals surface area contributed by atoms with Crippen LogP contribution < -0.4 is 15.4 Å². The maximum absolute atomic E-state index is 13.1. The quantitative estimate of drug-likeness (QED) is 0.724. The Morgan fingerprint density at radius 3 is 2.65 bits per heavy atom. The van der Waals surface area contributed by atoms with E-state index in [0.29, 0.717) is 35.0 Å². The van der Waals surface area contributed by atoms with E-state index in [0.717, 1.165) is 0 Å². The highest BCUT2D eigenvalue weighted by atomic mass is 35.5. The molecule has 2 aliphatic rings. The second kappa shape index (κ2) is 8.49. The summed E-state index contributed by atoms with van der Waals surface area (Å²) in [6.45, 7) is 2.08. The number of halogens is 1. The van der Waals surface area contributed by atoms with Crippen molar-refractivity contribution in [2.24, 2.45) is 5.92 Å². The minimum Gasteiger partial charge on any atom is -0.479 e. The first-order chi connectivity index (χ1) is 14.7. The second-order valence-corrected chi connectivity index (χ2v) is 9.96. The van der Waals surface area contributed by atoms with E-state index in [-0.39, 0.29) is 35.7 Å². The molecule has 0 aliphatic carbocycles. The van der Waals surface area contributed by atoms with E-state index in [1.54, 1.807) is 37.3 Å². The molecule has 2 aromatic carbocycles. The molecule has 0 radical (unpaired) electrons. The van der Waals surface area contributed by atoms with Crippen LogP contribution in [0.5, 0.6) is 5.75 Å². The van der Waals surface area contributed by atoms with Gasteiger partial charge < -0.3 is 15.4 Å². The summed E-state index contributed by atoms with van der Waals surface area (Å²) in [5, 5.41) is 6.03. The summed E-state index contributed by atoms with van der Waals surface area (Å²) in [5.41, 5.74) is 0.945. The average molecular weight is 464 g/mol. The van der Waals surface area contributed by atoms with Crippen LogP contribution >= 0.6 is 11.6 Å². The number of hydrogen-bond acceptors (Lipinski definition) is 5. The van der Waals surface area contributed by atoms with Gasteiger partial charge in [0.1, 0.15) is 5.75 Å². The molecule has 2 amide bonds. The number of piperidine rings is 1. The number of anilines is 2. The summed E-state index contributed by atoms with van der Waals surface area (Å²) in [5.74, 6) is -0.332. The number of nitrogens with zero attached hydrogens (tertiary/aromatic N) is 1. The number of carbonyl (C=O) groups excluding carboxylic acids is 2. The summed E-state index contributed by atoms with van der Waals surface area (Å²) in [7, 11) is -3.76. The van der Waals surface area contributed by atoms with Gasteiger partial charge in [-0.1, -0.05) is 17.7 Å². The molecule has 1 saturated heterocycles. The fraction of sp³-hybridized carbons (Fsp3) is 0.333. The predicted molar refractivity (Wildman–Crippen MR) is 117 cm³/mol. The van der Waals surface area contributed by atoms with Gasteiger partial charge in [0.15, 0.2) is 6.10 Å². The Balaban J connectivity index is 1.42. The molecule has 31 heavy (non-hydrogen) atoms. The fourth-order valence-corrected chi connectivity index (χ4v) is 5.35. The van der Waals surface area contributed by atoms with Crippen LogP contribution in [0.15, 0.2) is 47.4 Å². The van der Waals surface area contributed by atoms with Gasteiger partial charge in [-0.05, 0) is 56.2 Å². The van der Waals surface area contributed by atoms with E-state index < -0.39 is 16.1 Å². The van der Waals surface area contributed by atoms with Crippen LogP contribution in [0.25, 0.3) is 0 Å². The predicted octanol–water partition coefficient (Wildman–Crippen LogP) is 3.10. The largest absolute Gasteiger partial charge is 0.479 e. The van der Waals surface area contributed by atoms with Gasteiger partial charge in [-0.3, -0.25) is 9.59 Å². The average Bonchev–Trinajstić information content (AvgIpc) is 2.74. The maximum atomic E-state index is 13.1. The molecule has 0 saturated carbocycles. The molecule has 2 aromatic rings. The monoisotopic (exact) mass is 463 g/mol. The summed E-state index contributed by atoms with van der Waals surface area (Å²) in [4.78, 5) is 24.4. The molecule has 0 bridgehead atoms. The Kier molecular flexibility index (Phi) is 5.92. The number of carbonyl (C=O) groups is 2. The van der Waals surface area contributed by atoms with Gasteiger partial charge in [0, 0.05) is 29.7 Å². The van der Waals surface area contributed by atoms with Crippen molar-refractivity contribution in [3.8, 4) is 5.75 Å². The second-order valence-electron chi connectivity index (χ2n) is 7.59. The minimum atomic E-state index is -3.76. The molecule has 4 rings (SSSR count). The number of benzene rings is 2. The van der Waals surface area contributed by atoms with E-state index in [9.17, 15) is 18.0 Å². The Labute approximate surface area is 185 Å². The SMILES string of the molecule is C[C@H]1Oc2ccc(S(=O)(=O)N3CCC(C(=O)Nc4cccc(Cl)c4)CC3)cc2NC1=O. The first-order valence-electron chi connectivity index (χ1n) is 9.92. The molecule has 2 N–H and O–H groups in total. The highest BCUT2D eigenvalue weighted by Crippen LogP contribution is 2.33. The standard InChI is InChI=1S/C21H22ClN3O5S/c1-13-20(26)24-18-12-17(5-6-19(18)30-13)31(28,29)25-9-7-14(8-10-25)21(27)23-16-4-2-3-15(22)11-16/h2-6,11-14H,7-10H2,1H3,(H,23,27)(H,24,26)/t13-/m1/s1. The van der Waals surface area contributed by atoms with E-state index in [1.165, 1.54) is 16.4 Å². The zero-order chi connectivity index (χ0) is 22.2. The first kappa shape index (κ1) is 21.6. The molecule has 0 unspecified atom stereocenters. The summed E-state index contributed by atoms with van der Waals surface area (Å²) >= 11 is 5.95. The Hall–Kier alpha value is -2.62. The third-order valence-electron chi connectivity index (χ3n) is 5.44. The number of amides is 2. The number of hydrogen-bond donors (Lipinski definition) is 2. The lowest BCUT2D eigenvalue weighted by atomic mass is 9.97. The molecule has 2 aliphatic heterocycles. The molecular weight excluding hydrogens is 442 g/mol. The molecule has 0 aromatic heterocycles. The topological polar surface area (TPSA) is 105 Å². The van der Waals surface area contributed by atoms with Crippen molar-refractivity contribution >= 4 is 44.8 Å². The van der Waals surface area contributed by atoms with Crippen LogP contribution in [0.2, 0.25) is 5.02 Å². The number of ether oxygens (including phenoxy) is 1. The lowest BCUT2D eigenvalue weighted by Gasteiger charge is -2.31. The van der Waals surface area contributed by atoms with Gasteiger partial charge in [0.2, 0.25) is 15.9 Å². The maximum Gasteiger partial charge on any atom is 0.265 e. The highest BCUT2D eigenvalue weighted by Gasteiger charge is 2.33. The van der Waals surface area contributed by atoms with Crippen molar-refractivity contribution < 1.29 is 22.7 Å². The first-order valence-corrected chi connectivity index (χ1v) is 11.7. The number of sulfonamides is 1. The zero-order valence-corrected chi connectivity index (χ0v) is 18.4. The molecule has 164 valence electrons. The van der Waals surface area contributed by atoms with E-state index in [2.05, 4.69) is 10.6 Å². The minimum absolute atomic E-state index is 0.0755. The Morgan fingerprint density at radius 1 is 1.19 bits per heavy atom. The van der Waals surface area contributed by atoms with Crippen LogP contribution in [-0.2, 0) is 19.6 Å². The summed E-state index contributed by atoms with van der Waals surface area (Å²) < 4.78 is 33.0. The van der Waals surface area contributed by atoms with E-state index in [1.807, 2.05) is 0 Å². The third-order valence-corrected chi connectivity index (χ3v) is 7.57. The molecule has 0 spiro atoms. The number of rotatable bonds is 4. The normalized spacial score (nSPS) is 19.8. The van der Waals surface area contributed by atoms with E-state index >= 15 is 0 Å². The molecule has 1 fully saturated rings. The van der Waals surface area contributed by atoms with Crippen molar-refractivity contribution in [3.05, 3.63) is 47.5 Å². The number of fused-ring (bicyclic) bond motifs is 1. The van der Waals surface area contributed by atoms with Gasteiger partial charge in [-0.25, -0.2) is 8.42 Å². The van der Waals surface area contributed by atoms with Crippen LogP contribution in [0, 0.1) is 5.92 Å². The Morgan fingerprint density at radius 2 is 1.94 bits per heavy atom. The lowest BCUT2D eigenvalue weighted by molar-refractivity contribution is -0.123. The van der Waals surface area contributed by atoms with Crippen LogP contribution in [0.3, 0.4) is 0 Å². The molecule has 1 atom stereocenters. The third kappa shape index (κ3) is 4.53. The highest BCUT2D eigenvalue weighted by molar-refractivity contribution is 7.89. The zero-order valence-electron chi connectivity index (χ0n) is 16.8. The van der Waals surface area contributed by atoms with Crippen LogP contribution in [0.4, 0.5) is 11.4 Å². The Bertz CT molecular complexity index is 1130. The van der Waals surface area contributed by atoms with Crippen molar-refractivity contribution in [1.29, 1.82) is 0 Å². The van der Waals surface area contributed by atoms with Gasteiger partial charge >= 0.3 is 0 Å². The summed E-state index contributed by atoms with van der Waals surface area (Å²) in [6, 6.07) is 11.3. The summed E-state index contributed by atoms with van der Waals surface area (Å²) in [6.07, 6.45) is 0.189. The van der Waals surface area contributed by atoms with Crippen LogP contribution in [0.1, 0.15) is 19.8 Å². The molecule has 10 heteroatoms. The lowest BCUT2D eigenvalue weighted by Crippen LogP contribution is -2.41. The van der Waals surface area contributed by atoms with Crippen LogP contribution in [-0.4, -0.2) is 43.7 Å². The van der Waals surface area contributed by atoms with Crippen molar-refractivity contribution in [1.82, 2.24) is 4.31 Å². The fourth-order valence-electron chi connectivity index (χ4n) is 3.67. The van der Waals surface area contributed by atoms with Crippen molar-refractivity contribution in [3.63, 3.8) is 0 Å². The van der Waals surface area contributed by atoms with Gasteiger partial charge in [-0.15, -0.1) is 0 Å². The number of nitrogens with one attached hydrogen (secondary N) is 2. The van der Waals surface area contributed by atoms with Crippen molar-refractivity contribution in [2.45, 2.75) is 30.8 Å². The smallest absolute Gasteiger partial charge is 0.265 e. The van der Waals surface area contributed by atoms with Gasteiger partial charge in [0.25, 0.3) is 5.91 Å². The van der Waals surface area contributed by atoms with Crippen molar-refractivity contribution in [2.75, 3.05) is 23.7 Å². The molecule has 8 nitrogen and oxygen atoms in total. The van der Waals surface area contributed by atoms with Gasteiger partial charge in [-0.2, -0.15) is 4.31 Å². The molecule has 2 heterocycles. The van der Waals surface area contributed by atoms with Gasteiger partial charge in [0.05, 0.1) is 10.6 Å². The van der Waals surface area contributed by atoms with E-state index in [4.69, 9.17) is 16.3 Å².